The molecule has 42 heavy (non-hydrogen) atoms. The van der Waals surface area contributed by atoms with Crippen molar-refractivity contribution in [2.45, 2.75) is 57.3 Å². The van der Waals surface area contributed by atoms with E-state index >= 15 is 0 Å². The molecule has 3 heterocycles. The summed E-state index contributed by atoms with van der Waals surface area (Å²) in [6.45, 7) is 0.139. The number of ether oxygens (including phenoxy) is 3. The first-order valence-electron chi connectivity index (χ1n) is 14.0. The van der Waals surface area contributed by atoms with Crippen LogP contribution in [0.15, 0.2) is 60.0 Å². The maximum absolute atomic E-state index is 14.1. The Hall–Kier alpha value is -4.45. The summed E-state index contributed by atoms with van der Waals surface area (Å²) in [6, 6.07) is 15.9. The zero-order chi connectivity index (χ0) is 28.9. The van der Waals surface area contributed by atoms with Gasteiger partial charge in [0.2, 0.25) is 24.4 Å². The van der Waals surface area contributed by atoms with Crippen molar-refractivity contribution in [1.82, 2.24) is 30.4 Å². The van der Waals surface area contributed by atoms with Crippen molar-refractivity contribution < 1.29 is 23.8 Å². The smallest absolute Gasteiger partial charge is 0.248 e. The zero-order valence-electron chi connectivity index (χ0n) is 23.3. The van der Waals surface area contributed by atoms with Crippen molar-refractivity contribution in [2.24, 2.45) is 0 Å². The Kier molecular flexibility index (Phi) is 8.31. The molecule has 1 N–H and O–H groups in total. The van der Waals surface area contributed by atoms with Gasteiger partial charge in [-0.1, -0.05) is 31.4 Å². The van der Waals surface area contributed by atoms with E-state index in [4.69, 9.17) is 14.2 Å². The van der Waals surface area contributed by atoms with Crippen LogP contribution in [-0.4, -0.2) is 56.9 Å². The van der Waals surface area contributed by atoms with Gasteiger partial charge in [0.15, 0.2) is 11.5 Å². The van der Waals surface area contributed by atoms with Crippen LogP contribution >= 0.6 is 11.3 Å². The van der Waals surface area contributed by atoms with Crippen molar-refractivity contribution >= 4 is 23.2 Å². The molecular formula is C30H32N6O5S. The second kappa shape index (κ2) is 12.6. The number of hydrogen-bond acceptors (Lipinski definition) is 9. The summed E-state index contributed by atoms with van der Waals surface area (Å²) >= 11 is 1.45. The molecular weight excluding hydrogens is 556 g/mol. The fourth-order valence-corrected chi connectivity index (χ4v) is 6.17. The average Bonchev–Trinajstić information content (AvgIpc) is 3.80. The molecule has 11 nitrogen and oxygen atoms in total. The number of carbonyl (C=O) groups excluding carboxylic acids is 2. The van der Waals surface area contributed by atoms with Gasteiger partial charge in [0.05, 0.1) is 7.11 Å². The summed E-state index contributed by atoms with van der Waals surface area (Å²) in [7, 11) is 1.60. The number of amides is 2. The Morgan fingerprint density at radius 3 is 2.67 bits per heavy atom. The number of methoxy groups -OCH3 is 1. The van der Waals surface area contributed by atoms with Gasteiger partial charge in [-0.05, 0) is 71.5 Å². The lowest BCUT2D eigenvalue weighted by Crippen LogP contribution is -2.47. The molecule has 1 aliphatic heterocycles. The Labute approximate surface area is 247 Å². The van der Waals surface area contributed by atoms with E-state index in [0.717, 1.165) is 41.7 Å². The maximum atomic E-state index is 14.1. The number of benzene rings is 2. The Morgan fingerprint density at radius 1 is 1.10 bits per heavy atom. The number of tetrazole rings is 1. The summed E-state index contributed by atoms with van der Waals surface area (Å²) in [5.74, 6) is 1.86. The summed E-state index contributed by atoms with van der Waals surface area (Å²) in [5.41, 5.74) is 1.56. The largest absolute Gasteiger partial charge is 0.497 e. The summed E-state index contributed by atoms with van der Waals surface area (Å²) in [4.78, 5) is 31.6. The predicted molar refractivity (Wildman–Crippen MR) is 155 cm³/mol. The maximum Gasteiger partial charge on any atom is 0.248 e. The number of aromatic nitrogens is 4. The van der Waals surface area contributed by atoms with Gasteiger partial charge in [-0.3, -0.25) is 9.59 Å². The molecule has 1 saturated carbocycles. The third kappa shape index (κ3) is 6.23. The standard InChI is InChI=1S/C30H32N6O5S/c1-39-23-12-10-21(11-13-23)29-32-34-36(33-29)18-27(37)35(17-20-9-14-24-25(16-20)41-19-40-24)28(26-8-5-15-42-26)30(38)31-22-6-3-2-4-7-22/h5,8-16,22,28H,2-4,6-7,17-19H2,1H3,(H,31,38). The van der Waals surface area contributed by atoms with Crippen LogP contribution in [0.4, 0.5) is 0 Å². The highest BCUT2D eigenvalue weighted by Gasteiger charge is 2.34. The molecule has 1 unspecified atom stereocenters. The van der Waals surface area contributed by atoms with Crippen LogP contribution in [-0.2, 0) is 22.7 Å². The first-order valence-corrected chi connectivity index (χ1v) is 14.9. The van der Waals surface area contributed by atoms with E-state index in [1.807, 2.05) is 60.0 Å². The van der Waals surface area contributed by atoms with E-state index < -0.39 is 6.04 Å². The molecule has 0 radical (unpaired) electrons. The lowest BCUT2D eigenvalue weighted by Gasteiger charge is -2.32. The first-order chi connectivity index (χ1) is 20.6. The minimum absolute atomic E-state index is 0.0974. The Balaban J connectivity index is 1.28. The van der Waals surface area contributed by atoms with Gasteiger partial charge in [-0.15, -0.1) is 21.5 Å². The predicted octanol–water partition coefficient (Wildman–Crippen LogP) is 4.36. The van der Waals surface area contributed by atoms with Crippen LogP contribution in [0.5, 0.6) is 17.2 Å². The summed E-state index contributed by atoms with van der Waals surface area (Å²) in [5, 5.41) is 17.9. The summed E-state index contributed by atoms with van der Waals surface area (Å²) in [6.07, 6.45) is 5.23. The average molecular weight is 589 g/mol. The molecule has 12 heteroatoms. The Bertz CT molecular complexity index is 1520. The lowest BCUT2D eigenvalue weighted by atomic mass is 9.95. The van der Waals surface area contributed by atoms with Crippen molar-refractivity contribution in [3.63, 3.8) is 0 Å². The quantitative estimate of drug-likeness (QED) is 0.290. The van der Waals surface area contributed by atoms with Gasteiger partial charge in [0.1, 0.15) is 18.3 Å². The van der Waals surface area contributed by atoms with Crippen molar-refractivity contribution in [3.8, 4) is 28.6 Å². The van der Waals surface area contributed by atoms with Gasteiger partial charge < -0.3 is 24.4 Å². The molecule has 2 amide bonds. The minimum Gasteiger partial charge on any atom is -0.497 e. The molecule has 0 bridgehead atoms. The molecule has 6 rings (SSSR count). The molecule has 2 aliphatic rings. The molecule has 0 spiro atoms. The highest BCUT2D eigenvalue weighted by atomic mass is 32.1. The number of nitrogens with one attached hydrogen (secondary N) is 1. The monoisotopic (exact) mass is 588 g/mol. The molecule has 0 saturated heterocycles. The van der Waals surface area contributed by atoms with E-state index in [-0.39, 0.29) is 37.7 Å². The highest BCUT2D eigenvalue weighted by Crippen LogP contribution is 2.34. The van der Waals surface area contributed by atoms with E-state index in [2.05, 4.69) is 20.7 Å². The second-order valence-corrected chi connectivity index (χ2v) is 11.3. The zero-order valence-corrected chi connectivity index (χ0v) is 24.1. The van der Waals surface area contributed by atoms with Crippen LogP contribution in [0.2, 0.25) is 0 Å². The van der Waals surface area contributed by atoms with Gasteiger partial charge in [-0.25, -0.2) is 0 Å². The van der Waals surface area contributed by atoms with Gasteiger partial charge in [-0.2, -0.15) is 4.80 Å². The van der Waals surface area contributed by atoms with Gasteiger partial charge in [0, 0.05) is 23.0 Å². The molecule has 1 atom stereocenters. The van der Waals surface area contributed by atoms with Gasteiger partial charge in [0.25, 0.3) is 0 Å². The molecule has 1 fully saturated rings. The van der Waals surface area contributed by atoms with E-state index in [9.17, 15) is 9.59 Å². The SMILES string of the molecule is COc1ccc(-c2nnn(CC(=O)N(Cc3ccc4c(c3)OCO4)C(C(=O)NC3CCCCC3)c3cccs3)n2)cc1. The van der Waals surface area contributed by atoms with E-state index in [1.165, 1.54) is 22.6 Å². The topological polar surface area (TPSA) is 121 Å². The normalized spacial score (nSPS) is 15.3. The number of thiophene rings is 1. The fraction of sp³-hybridized carbons (Fsp3) is 0.367. The van der Waals surface area contributed by atoms with Gasteiger partial charge >= 0.3 is 0 Å². The molecule has 2 aromatic carbocycles. The Morgan fingerprint density at radius 2 is 1.90 bits per heavy atom. The van der Waals surface area contributed by atoms with Crippen LogP contribution in [0.25, 0.3) is 11.4 Å². The van der Waals surface area contributed by atoms with Crippen molar-refractivity contribution in [1.29, 1.82) is 0 Å². The van der Waals surface area contributed by atoms with E-state index in [0.29, 0.717) is 23.1 Å². The molecule has 2 aromatic heterocycles. The molecule has 218 valence electrons. The minimum atomic E-state index is -0.825. The first kappa shape index (κ1) is 27.7. The van der Waals surface area contributed by atoms with Crippen LogP contribution in [0.1, 0.15) is 48.6 Å². The second-order valence-electron chi connectivity index (χ2n) is 10.3. The highest BCUT2D eigenvalue weighted by molar-refractivity contribution is 7.10. The number of nitrogens with zero attached hydrogens (tertiary/aromatic N) is 5. The van der Waals surface area contributed by atoms with Crippen molar-refractivity contribution in [2.75, 3.05) is 13.9 Å². The van der Waals surface area contributed by atoms with Crippen LogP contribution in [0, 0.1) is 0 Å². The lowest BCUT2D eigenvalue weighted by molar-refractivity contribution is -0.142. The number of hydrogen-bond donors (Lipinski definition) is 1. The third-order valence-corrected chi connectivity index (χ3v) is 8.44. The number of carbonyl (C=O) groups is 2. The fourth-order valence-electron chi connectivity index (χ4n) is 5.34. The van der Waals surface area contributed by atoms with E-state index in [1.54, 1.807) is 12.0 Å². The number of fused-ring (bicyclic) bond motifs is 1. The van der Waals surface area contributed by atoms with Crippen molar-refractivity contribution in [3.05, 3.63) is 70.4 Å². The van der Waals surface area contributed by atoms with Crippen LogP contribution < -0.4 is 19.5 Å². The number of rotatable bonds is 10. The third-order valence-electron chi connectivity index (χ3n) is 7.51. The van der Waals surface area contributed by atoms with Crippen LogP contribution in [0.3, 0.4) is 0 Å². The molecule has 1 aliphatic carbocycles. The molecule has 4 aromatic rings. The summed E-state index contributed by atoms with van der Waals surface area (Å²) < 4.78 is 16.3.